The number of benzene rings is 3. The second kappa shape index (κ2) is 10.3. The number of hydrogen-bond donors (Lipinski definition) is 2. The Labute approximate surface area is 188 Å². The van der Waals surface area contributed by atoms with E-state index in [0.29, 0.717) is 17.7 Å². The molecule has 0 fully saturated rings. The van der Waals surface area contributed by atoms with Gasteiger partial charge < -0.3 is 10.6 Å². The number of aryl methyl sites for hydroxylation is 3. The number of thioether (sulfide) groups is 1. The van der Waals surface area contributed by atoms with Gasteiger partial charge in [0, 0.05) is 21.8 Å². The topological polar surface area (TPSA) is 58.2 Å². The molecule has 0 aliphatic carbocycles. The second-order valence-electron chi connectivity index (χ2n) is 7.65. The summed E-state index contributed by atoms with van der Waals surface area (Å²) in [5, 5.41) is 5.73. The van der Waals surface area contributed by atoms with Crippen molar-refractivity contribution in [3.63, 3.8) is 0 Å². The van der Waals surface area contributed by atoms with Gasteiger partial charge in [0.2, 0.25) is 5.91 Å². The van der Waals surface area contributed by atoms with Gasteiger partial charge in [0.1, 0.15) is 0 Å². The summed E-state index contributed by atoms with van der Waals surface area (Å²) >= 11 is 1.50. The Kier molecular flexibility index (Phi) is 7.53. The highest BCUT2D eigenvalue weighted by molar-refractivity contribution is 8.00. The number of rotatable bonds is 7. The third kappa shape index (κ3) is 6.22. The van der Waals surface area contributed by atoms with Crippen molar-refractivity contribution >= 4 is 35.0 Å². The summed E-state index contributed by atoms with van der Waals surface area (Å²) < 4.78 is 0. The van der Waals surface area contributed by atoms with E-state index in [4.69, 9.17) is 0 Å². The number of amides is 2. The molecule has 2 amide bonds. The Morgan fingerprint density at radius 2 is 1.55 bits per heavy atom. The fourth-order valence-electron chi connectivity index (χ4n) is 3.08. The first-order chi connectivity index (χ1) is 14.9. The molecular formula is C26H28N2O2S. The van der Waals surface area contributed by atoms with E-state index in [1.807, 2.05) is 87.5 Å². The van der Waals surface area contributed by atoms with Crippen LogP contribution in [-0.2, 0) is 4.79 Å². The number of carbonyl (C=O) groups excluding carboxylic acids is 2. The Bertz CT molecular complexity index is 1080. The largest absolute Gasteiger partial charge is 0.325 e. The zero-order valence-electron chi connectivity index (χ0n) is 18.4. The molecule has 0 radical (unpaired) electrons. The van der Waals surface area contributed by atoms with Crippen LogP contribution in [0.3, 0.4) is 0 Å². The summed E-state index contributed by atoms with van der Waals surface area (Å²) in [6.07, 6.45) is 0.696. The van der Waals surface area contributed by atoms with Crippen LogP contribution < -0.4 is 10.6 Å². The predicted octanol–water partition coefficient (Wildman–Crippen LogP) is 6.37. The third-order valence-corrected chi connectivity index (χ3v) is 6.48. The van der Waals surface area contributed by atoms with Crippen LogP contribution >= 0.6 is 11.8 Å². The van der Waals surface area contributed by atoms with E-state index in [-0.39, 0.29) is 17.1 Å². The quantitative estimate of drug-likeness (QED) is 0.426. The molecule has 3 aromatic rings. The summed E-state index contributed by atoms with van der Waals surface area (Å²) in [5.74, 6) is -0.175. The molecule has 0 aliphatic heterocycles. The zero-order chi connectivity index (χ0) is 22.4. The van der Waals surface area contributed by atoms with E-state index in [1.165, 1.54) is 17.3 Å². The van der Waals surface area contributed by atoms with Crippen LogP contribution in [0.15, 0.2) is 71.6 Å². The average molecular weight is 433 g/mol. The molecule has 0 heterocycles. The average Bonchev–Trinajstić information content (AvgIpc) is 2.75. The van der Waals surface area contributed by atoms with Gasteiger partial charge in [-0.25, -0.2) is 0 Å². The van der Waals surface area contributed by atoms with Crippen LogP contribution in [-0.4, -0.2) is 17.1 Å². The van der Waals surface area contributed by atoms with Gasteiger partial charge in [-0.1, -0.05) is 36.8 Å². The molecule has 0 bridgehead atoms. The molecule has 160 valence electrons. The van der Waals surface area contributed by atoms with Gasteiger partial charge in [0.05, 0.1) is 5.25 Å². The molecule has 0 saturated heterocycles. The Morgan fingerprint density at radius 1 is 0.839 bits per heavy atom. The monoisotopic (exact) mass is 432 g/mol. The van der Waals surface area contributed by atoms with Gasteiger partial charge in [-0.3, -0.25) is 9.59 Å². The Morgan fingerprint density at radius 3 is 2.23 bits per heavy atom. The first kappa shape index (κ1) is 22.6. The van der Waals surface area contributed by atoms with Crippen molar-refractivity contribution in [1.82, 2.24) is 0 Å². The lowest BCUT2D eigenvalue weighted by molar-refractivity contribution is -0.115. The Hall–Kier alpha value is -3.05. The summed E-state index contributed by atoms with van der Waals surface area (Å²) in [6.45, 7) is 8.08. The molecule has 5 heteroatoms. The lowest BCUT2D eigenvalue weighted by atomic mass is 10.1. The molecule has 0 spiro atoms. The highest BCUT2D eigenvalue weighted by atomic mass is 32.2. The van der Waals surface area contributed by atoms with Crippen LogP contribution in [0.4, 0.5) is 11.4 Å². The van der Waals surface area contributed by atoms with Crippen molar-refractivity contribution in [1.29, 1.82) is 0 Å². The fraction of sp³-hybridized carbons (Fsp3) is 0.231. The smallest absolute Gasteiger partial charge is 0.255 e. The molecular weight excluding hydrogens is 404 g/mol. The van der Waals surface area contributed by atoms with Crippen molar-refractivity contribution < 1.29 is 9.59 Å². The van der Waals surface area contributed by atoms with Crippen LogP contribution in [0.25, 0.3) is 0 Å². The maximum Gasteiger partial charge on any atom is 0.255 e. The second-order valence-corrected chi connectivity index (χ2v) is 8.93. The van der Waals surface area contributed by atoms with Gasteiger partial charge in [-0.05, 0) is 80.8 Å². The van der Waals surface area contributed by atoms with Crippen molar-refractivity contribution in [3.8, 4) is 0 Å². The van der Waals surface area contributed by atoms with E-state index in [0.717, 1.165) is 21.7 Å². The van der Waals surface area contributed by atoms with Crippen molar-refractivity contribution in [2.45, 2.75) is 44.3 Å². The summed E-state index contributed by atoms with van der Waals surface area (Å²) in [7, 11) is 0. The zero-order valence-corrected chi connectivity index (χ0v) is 19.2. The minimum atomic E-state index is -0.232. The lowest BCUT2D eigenvalue weighted by Crippen LogP contribution is -2.24. The molecule has 3 rings (SSSR count). The molecule has 0 aromatic heterocycles. The predicted molar refractivity (Wildman–Crippen MR) is 130 cm³/mol. The molecule has 2 N–H and O–H groups in total. The number of carbonyl (C=O) groups is 2. The molecule has 3 aromatic carbocycles. The van der Waals surface area contributed by atoms with E-state index in [9.17, 15) is 9.59 Å². The van der Waals surface area contributed by atoms with Crippen molar-refractivity contribution in [3.05, 3.63) is 89.0 Å². The lowest BCUT2D eigenvalue weighted by Gasteiger charge is -2.16. The fourth-order valence-corrected chi connectivity index (χ4v) is 4.10. The summed E-state index contributed by atoms with van der Waals surface area (Å²) in [5.41, 5.74) is 5.59. The van der Waals surface area contributed by atoms with Crippen LogP contribution in [0, 0.1) is 20.8 Å². The highest BCUT2D eigenvalue weighted by Crippen LogP contribution is 2.29. The normalized spacial score (nSPS) is 11.6. The number of nitrogens with one attached hydrogen (secondary N) is 2. The first-order valence-electron chi connectivity index (χ1n) is 10.4. The number of hydrogen-bond acceptors (Lipinski definition) is 3. The van der Waals surface area contributed by atoms with Crippen LogP contribution in [0.2, 0.25) is 0 Å². The molecule has 1 atom stereocenters. The molecule has 4 nitrogen and oxygen atoms in total. The van der Waals surface area contributed by atoms with Gasteiger partial charge in [-0.15, -0.1) is 11.8 Å². The van der Waals surface area contributed by atoms with Crippen LogP contribution in [0.5, 0.6) is 0 Å². The first-order valence-corrected chi connectivity index (χ1v) is 11.3. The minimum Gasteiger partial charge on any atom is -0.325 e. The van der Waals surface area contributed by atoms with Gasteiger partial charge in [-0.2, -0.15) is 0 Å². The standard InChI is InChI=1S/C26H28N2O2S/c1-5-24(26(30)28-22-14-11-18(3)19(4)15-22)31-23-8-6-7-21(16-23)27-25(29)20-12-9-17(2)10-13-20/h6-16,24H,5H2,1-4H3,(H,27,29)(H,28,30). The van der Waals surface area contributed by atoms with Crippen LogP contribution in [0.1, 0.15) is 40.4 Å². The van der Waals surface area contributed by atoms with Gasteiger partial charge in [0.25, 0.3) is 5.91 Å². The van der Waals surface area contributed by atoms with Gasteiger partial charge >= 0.3 is 0 Å². The highest BCUT2D eigenvalue weighted by Gasteiger charge is 2.18. The molecule has 1 unspecified atom stereocenters. The van der Waals surface area contributed by atoms with E-state index >= 15 is 0 Å². The molecule has 0 aliphatic rings. The summed E-state index contributed by atoms with van der Waals surface area (Å²) in [4.78, 5) is 26.2. The number of anilines is 2. The van der Waals surface area contributed by atoms with E-state index < -0.39 is 0 Å². The minimum absolute atomic E-state index is 0.0233. The SMILES string of the molecule is CCC(Sc1cccc(NC(=O)c2ccc(C)cc2)c1)C(=O)Nc1ccc(C)c(C)c1. The summed E-state index contributed by atoms with van der Waals surface area (Å²) in [6, 6.07) is 21.0. The van der Waals surface area contributed by atoms with Crippen molar-refractivity contribution in [2.24, 2.45) is 0 Å². The van der Waals surface area contributed by atoms with Crippen molar-refractivity contribution in [2.75, 3.05) is 10.6 Å². The van der Waals surface area contributed by atoms with E-state index in [2.05, 4.69) is 17.6 Å². The maximum absolute atomic E-state index is 12.8. The Balaban J connectivity index is 1.66. The molecule has 31 heavy (non-hydrogen) atoms. The van der Waals surface area contributed by atoms with E-state index in [1.54, 1.807) is 0 Å². The maximum atomic E-state index is 12.8. The van der Waals surface area contributed by atoms with Gasteiger partial charge in [0.15, 0.2) is 0 Å². The third-order valence-electron chi connectivity index (χ3n) is 5.12. The molecule has 0 saturated carbocycles.